The molecule has 0 radical (unpaired) electrons. The van der Waals surface area contributed by atoms with Gasteiger partial charge in [-0.15, -0.1) is 0 Å². The van der Waals surface area contributed by atoms with Crippen LogP contribution < -0.4 is 10.6 Å². The van der Waals surface area contributed by atoms with E-state index in [9.17, 15) is 22.8 Å². The maximum atomic E-state index is 13.1. The Balaban J connectivity index is 1.43. The van der Waals surface area contributed by atoms with Gasteiger partial charge in [0.1, 0.15) is 11.5 Å². The zero-order valence-electron chi connectivity index (χ0n) is 21.3. The van der Waals surface area contributed by atoms with Crippen LogP contribution in [0, 0.1) is 36.0 Å². The molecular weight excluding hydrogens is 503 g/mol. The summed E-state index contributed by atoms with van der Waals surface area (Å²) in [6.07, 6.45) is 3.77. The highest BCUT2D eigenvalue weighted by Crippen LogP contribution is 2.37. The van der Waals surface area contributed by atoms with E-state index in [1.807, 2.05) is 0 Å². The minimum absolute atomic E-state index is 0.0195. The topological polar surface area (TPSA) is 150 Å². The average Bonchev–Trinajstić information content (AvgIpc) is 3.51. The molecule has 0 aromatic carbocycles. The SMILES string of the molecule is Cc1nonc1C(=O)N[C@H](c1c[nH]c(/C=C\C(=N)CC2C[C@@H](C(F)(F)F)CNC2=O)n1)[C@H]1CC[C@H](C)CC1. The first-order chi connectivity index (χ1) is 18.0. The van der Waals surface area contributed by atoms with E-state index < -0.39 is 36.4 Å². The summed E-state index contributed by atoms with van der Waals surface area (Å²) in [4.78, 5) is 32.6. The molecule has 2 aliphatic rings. The molecule has 1 saturated heterocycles. The van der Waals surface area contributed by atoms with Gasteiger partial charge >= 0.3 is 6.18 Å². The van der Waals surface area contributed by atoms with Crippen LogP contribution >= 0.6 is 0 Å². The van der Waals surface area contributed by atoms with Gasteiger partial charge in [0.15, 0.2) is 5.69 Å². The number of aryl methyl sites for hydroxylation is 1. The summed E-state index contributed by atoms with van der Waals surface area (Å²) in [7, 11) is 0. The number of aromatic amines is 1. The van der Waals surface area contributed by atoms with Gasteiger partial charge in [-0.2, -0.15) is 13.2 Å². The van der Waals surface area contributed by atoms with Crippen LogP contribution in [-0.4, -0.2) is 50.5 Å². The minimum Gasteiger partial charge on any atom is -0.355 e. The largest absolute Gasteiger partial charge is 0.393 e. The summed E-state index contributed by atoms with van der Waals surface area (Å²) in [5, 5.41) is 20.9. The second kappa shape index (κ2) is 11.5. The Morgan fingerprint density at radius 1 is 1.29 bits per heavy atom. The zero-order chi connectivity index (χ0) is 27.4. The van der Waals surface area contributed by atoms with Crippen molar-refractivity contribution in [2.24, 2.45) is 23.7 Å². The molecule has 2 amide bonds. The number of hydrogen-bond donors (Lipinski definition) is 4. The smallest absolute Gasteiger partial charge is 0.355 e. The van der Waals surface area contributed by atoms with Crippen LogP contribution in [-0.2, 0) is 4.79 Å². The number of amides is 2. The normalized spacial score (nSPS) is 25.2. The second-order valence-corrected chi connectivity index (χ2v) is 10.4. The average molecular weight is 536 g/mol. The van der Waals surface area contributed by atoms with Crippen molar-refractivity contribution in [1.82, 2.24) is 30.9 Å². The van der Waals surface area contributed by atoms with Crippen molar-refractivity contribution in [3.05, 3.63) is 35.2 Å². The number of allylic oxidation sites excluding steroid dienone is 1. The molecule has 10 nitrogen and oxygen atoms in total. The number of rotatable bonds is 8. The molecule has 3 heterocycles. The standard InChI is InChI=1S/C25H32F3N7O3/c1-13-3-5-15(6-4-13)22(33-24(37)21-14(2)34-38-35-21)19-12-30-20(32-19)8-7-18(29)10-16-9-17(25(26,27)28)11-31-23(16)36/h7-8,12-13,15-17,22,29H,3-6,9-11H2,1-2H3,(H,30,32)(H,31,36)(H,33,37)/b8-7-,29-18?/t13-,15-,16?,17-,22+/m1/s1. The van der Waals surface area contributed by atoms with Gasteiger partial charge in [-0.3, -0.25) is 9.59 Å². The van der Waals surface area contributed by atoms with Gasteiger partial charge in [0.2, 0.25) is 5.91 Å². The van der Waals surface area contributed by atoms with Crippen LogP contribution in [0.15, 0.2) is 16.9 Å². The molecule has 0 spiro atoms. The fraction of sp³-hybridized carbons (Fsp3) is 0.600. The Labute approximate surface area is 217 Å². The third kappa shape index (κ3) is 6.67. The fourth-order valence-electron chi connectivity index (χ4n) is 5.14. The molecule has 38 heavy (non-hydrogen) atoms. The monoisotopic (exact) mass is 535 g/mol. The van der Waals surface area contributed by atoms with E-state index in [1.54, 1.807) is 19.2 Å². The second-order valence-electron chi connectivity index (χ2n) is 10.4. The molecule has 4 rings (SSSR count). The Morgan fingerprint density at radius 2 is 2.03 bits per heavy atom. The molecule has 3 atom stereocenters. The number of imidazole rings is 1. The summed E-state index contributed by atoms with van der Waals surface area (Å²) < 4.78 is 43.9. The highest BCUT2D eigenvalue weighted by Gasteiger charge is 2.44. The molecule has 4 N–H and O–H groups in total. The number of carbonyl (C=O) groups excluding carboxylic acids is 2. The number of halogens is 3. The number of aromatic nitrogens is 4. The number of carbonyl (C=O) groups is 2. The van der Waals surface area contributed by atoms with Gasteiger partial charge in [-0.25, -0.2) is 9.61 Å². The molecule has 2 aromatic heterocycles. The molecule has 2 aromatic rings. The maximum Gasteiger partial charge on any atom is 0.393 e. The molecule has 206 valence electrons. The van der Waals surface area contributed by atoms with E-state index in [0.717, 1.165) is 25.7 Å². The lowest BCUT2D eigenvalue weighted by Crippen LogP contribution is -2.46. The number of hydrogen-bond acceptors (Lipinski definition) is 7. The van der Waals surface area contributed by atoms with Crippen LogP contribution in [0.5, 0.6) is 0 Å². The Kier molecular flexibility index (Phi) is 8.32. The maximum absolute atomic E-state index is 13.1. The quantitative estimate of drug-likeness (QED) is 0.373. The van der Waals surface area contributed by atoms with Crippen molar-refractivity contribution >= 4 is 23.6 Å². The van der Waals surface area contributed by atoms with Crippen LogP contribution in [0.2, 0.25) is 0 Å². The van der Waals surface area contributed by atoms with Crippen LogP contribution in [0.1, 0.15) is 79.2 Å². The molecule has 1 aliphatic heterocycles. The zero-order valence-corrected chi connectivity index (χ0v) is 21.3. The number of nitrogens with zero attached hydrogens (tertiary/aromatic N) is 3. The first-order valence-electron chi connectivity index (χ1n) is 12.8. The highest BCUT2D eigenvalue weighted by molar-refractivity contribution is 5.98. The van der Waals surface area contributed by atoms with E-state index in [0.29, 0.717) is 23.1 Å². The van der Waals surface area contributed by atoms with Crippen molar-refractivity contribution < 1.29 is 27.4 Å². The van der Waals surface area contributed by atoms with Gasteiger partial charge in [0, 0.05) is 30.8 Å². The summed E-state index contributed by atoms with van der Waals surface area (Å²) in [6, 6.07) is -0.380. The number of H-pyrrole nitrogens is 1. The number of alkyl halides is 3. The highest BCUT2D eigenvalue weighted by atomic mass is 19.4. The number of nitrogens with one attached hydrogen (secondary N) is 4. The summed E-state index contributed by atoms with van der Waals surface area (Å²) in [5.74, 6) is -2.19. The molecule has 2 fully saturated rings. The van der Waals surface area contributed by atoms with E-state index in [-0.39, 0.29) is 36.2 Å². The van der Waals surface area contributed by atoms with Crippen LogP contribution in [0.4, 0.5) is 13.2 Å². The first-order valence-corrected chi connectivity index (χ1v) is 12.8. The van der Waals surface area contributed by atoms with Crippen molar-refractivity contribution in [1.29, 1.82) is 5.41 Å². The summed E-state index contributed by atoms with van der Waals surface area (Å²) >= 11 is 0. The van der Waals surface area contributed by atoms with Crippen LogP contribution in [0.25, 0.3) is 6.08 Å². The molecule has 1 saturated carbocycles. The predicted molar refractivity (Wildman–Crippen MR) is 131 cm³/mol. The third-order valence-electron chi connectivity index (χ3n) is 7.46. The Morgan fingerprint density at radius 3 is 2.68 bits per heavy atom. The van der Waals surface area contributed by atoms with E-state index in [2.05, 4.69) is 42.5 Å². The molecule has 13 heteroatoms. The Bertz CT molecular complexity index is 1180. The molecule has 1 aliphatic carbocycles. The van der Waals surface area contributed by atoms with Gasteiger partial charge in [0.25, 0.3) is 5.91 Å². The Hall–Kier alpha value is -3.51. The summed E-state index contributed by atoms with van der Waals surface area (Å²) in [5.41, 5.74) is 1.14. The van der Waals surface area contributed by atoms with E-state index >= 15 is 0 Å². The van der Waals surface area contributed by atoms with Crippen molar-refractivity contribution in [2.75, 3.05) is 6.54 Å². The van der Waals surface area contributed by atoms with Gasteiger partial charge in [0.05, 0.1) is 17.7 Å². The minimum atomic E-state index is -4.39. The third-order valence-corrected chi connectivity index (χ3v) is 7.46. The van der Waals surface area contributed by atoms with E-state index in [1.165, 1.54) is 6.08 Å². The number of piperidine rings is 1. The van der Waals surface area contributed by atoms with Crippen LogP contribution in [0.3, 0.4) is 0 Å². The van der Waals surface area contributed by atoms with Gasteiger partial charge < -0.3 is 21.0 Å². The van der Waals surface area contributed by atoms with Crippen molar-refractivity contribution in [2.45, 2.75) is 64.6 Å². The molecular formula is C25H32F3N7O3. The summed E-state index contributed by atoms with van der Waals surface area (Å²) in [6.45, 7) is 3.41. The predicted octanol–water partition coefficient (Wildman–Crippen LogP) is 4.14. The van der Waals surface area contributed by atoms with Gasteiger partial charge in [-0.05, 0) is 55.3 Å². The van der Waals surface area contributed by atoms with Crippen molar-refractivity contribution in [3.8, 4) is 0 Å². The van der Waals surface area contributed by atoms with E-state index in [4.69, 9.17) is 5.41 Å². The lowest BCUT2D eigenvalue weighted by molar-refractivity contribution is -0.183. The van der Waals surface area contributed by atoms with Gasteiger partial charge in [-0.1, -0.05) is 24.9 Å². The lowest BCUT2D eigenvalue weighted by atomic mass is 9.78. The van der Waals surface area contributed by atoms with Crippen molar-refractivity contribution in [3.63, 3.8) is 0 Å². The molecule has 1 unspecified atom stereocenters. The lowest BCUT2D eigenvalue weighted by Gasteiger charge is -2.32. The fourth-order valence-corrected chi connectivity index (χ4v) is 5.14. The molecule has 0 bridgehead atoms. The first kappa shape index (κ1) is 27.5.